The monoisotopic (exact) mass is 219 g/mol. The number of aromatic amines is 1. The molecule has 0 aliphatic rings. The first-order valence-electron chi connectivity index (χ1n) is 4.87. The lowest BCUT2D eigenvalue weighted by Crippen LogP contribution is -2.19. The number of hydrogen-bond donors (Lipinski definition) is 2. The second-order valence-corrected chi connectivity index (χ2v) is 3.46. The topological polar surface area (TPSA) is 73.0 Å². The summed E-state index contributed by atoms with van der Waals surface area (Å²) in [6, 6.07) is 7.52. The molecule has 0 unspecified atom stereocenters. The normalized spacial score (nSPS) is 10.3. The Morgan fingerprint density at radius 1 is 1.50 bits per heavy atom. The van der Waals surface area contributed by atoms with Crippen molar-refractivity contribution >= 4 is 5.82 Å². The summed E-state index contributed by atoms with van der Waals surface area (Å²) < 4.78 is 6.58. The molecule has 0 aliphatic carbocycles. The van der Waals surface area contributed by atoms with Gasteiger partial charge in [-0.05, 0) is 17.7 Å². The minimum absolute atomic E-state index is 0.208. The molecule has 1 heterocycles. The summed E-state index contributed by atoms with van der Waals surface area (Å²) in [4.78, 5) is 13.9. The van der Waals surface area contributed by atoms with Gasteiger partial charge in [0.1, 0.15) is 11.6 Å². The van der Waals surface area contributed by atoms with Gasteiger partial charge in [0.15, 0.2) is 0 Å². The third-order valence-electron chi connectivity index (χ3n) is 2.38. The van der Waals surface area contributed by atoms with Gasteiger partial charge in [-0.3, -0.25) is 4.57 Å². The fourth-order valence-electron chi connectivity index (χ4n) is 1.53. The van der Waals surface area contributed by atoms with Gasteiger partial charge < -0.3 is 15.5 Å². The maximum atomic E-state index is 11.4. The van der Waals surface area contributed by atoms with E-state index in [0.29, 0.717) is 12.4 Å². The molecule has 16 heavy (non-hydrogen) atoms. The molecular formula is C11H13N3O2. The summed E-state index contributed by atoms with van der Waals surface area (Å²) in [7, 11) is 1.61. The lowest BCUT2D eigenvalue weighted by atomic mass is 10.2. The van der Waals surface area contributed by atoms with E-state index in [4.69, 9.17) is 10.5 Å². The number of nitrogens with zero attached hydrogens (tertiary/aromatic N) is 1. The number of nitrogens with two attached hydrogens (primary N) is 1. The molecule has 0 bridgehead atoms. The van der Waals surface area contributed by atoms with Crippen LogP contribution in [0, 0.1) is 0 Å². The Morgan fingerprint density at radius 2 is 2.31 bits per heavy atom. The average molecular weight is 219 g/mol. The van der Waals surface area contributed by atoms with Gasteiger partial charge in [-0.25, -0.2) is 4.79 Å². The van der Waals surface area contributed by atoms with E-state index in [-0.39, 0.29) is 5.69 Å². The number of aromatic nitrogens is 2. The van der Waals surface area contributed by atoms with Gasteiger partial charge >= 0.3 is 5.69 Å². The number of benzene rings is 1. The molecule has 1 aromatic carbocycles. The third-order valence-corrected chi connectivity index (χ3v) is 2.38. The molecule has 1 aromatic heterocycles. The van der Waals surface area contributed by atoms with Crippen LogP contribution in [0.2, 0.25) is 0 Å². The van der Waals surface area contributed by atoms with Gasteiger partial charge in [-0.1, -0.05) is 12.1 Å². The van der Waals surface area contributed by atoms with Crippen molar-refractivity contribution in [2.45, 2.75) is 6.54 Å². The van der Waals surface area contributed by atoms with Crippen LogP contribution in [0.25, 0.3) is 0 Å². The van der Waals surface area contributed by atoms with Crippen LogP contribution in [0.3, 0.4) is 0 Å². The number of nitrogens with one attached hydrogen (secondary N) is 1. The van der Waals surface area contributed by atoms with E-state index in [1.807, 2.05) is 24.3 Å². The van der Waals surface area contributed by atoms with Gasteiger partial charge in [-0.2, -0.15) is 0 Å². The predicted octanol–water partition coefficient (Wildman–Crippen LogP) is 0.816. The Balaban J connectivity index is 2.30. The standard InChI is InChI=1S/C11H13N3O2/c1-16-9-4-2-3-8(5-9)7-14-10(12)6-13-11(14)15/h2-6H,7,12H2,1H3,(H,13,15). The van der Waals surface area contributed by atoms with Gasteiger partial charge in [-0.15, -0.1) is 0 Å². The maximum Gasteiger partial charge on any atom is 0.327 e. The minimum atomic E-state index is -0.208. The van der Waals surface area contributed by atoms with E-state index in [2.05, 4.69) is 4.98 Å². The third kappa shape index (κ3) is 1.93. The summed E-state index contributed by atoms with van der Waals surface area (Å²) in [6.45, 7) is 0.436. The van der Waals surface area contributed by atoms with Crippen LogP contribution in [-0.4, -0.2) is 16.7 Å². The van der Waals surface area contributed by atoms with Crippen LogP contribution in [0.1, 0.15) is 5.56 Å². The molecule has 0 spiro atoms. The average Bonchev–Trinajstić information content (AvgIpc) is 2.61. The molecule has 0 saturated heterocycles. The molecule has 2 rings (SSSR count). The molecule has 0 atom stereocenters. The van der Waals surface area contributed by atoms with Crippen molar-refractivity contribution in [3.8, 4) is 5.75 Å². The van der Waals surface area contributed by atoms with E-state index in [1.54, 1.807) is 7.11 Å². The highest BCUT2D eigenvalue weighted by Gasteiger charge is 2.04. The fourth-order valence-corrected chi connectivity index (χ4v) is 1.53. The minimum Gasteiger partial charge on any atom is -0.497 e. The quantitative estimate of drug-likeness (QED) is 0.802. The van der Waals surface area contributed by atoms with E-state index in [0.717, 1.165) is 11.3 Å². The van der Waals surface area contributed by atoms with E-state index in [9.17, 15) is 4.79 Å². The van der Waals surface area contributed by atoms with E-state index < -0.39 is 0 Å². The predicted molar refractivity (Wildman–Crippen MR) is 61.6 cm³/mol. The molecule has 5 heteroatoms. The number of nitrogen functional groups attached to an aromatic ring is 1. The highest BCUT2D eigenvalue weighted by atomic mass is 16.5. The number of rotatable bonds is 3. The van der Waals surface area contributed by atoms with E-state index >= 15 is 0 Å². The summed E-state index contributed by atoms with van der Waals surface area (Å²) in [6.07, 6.45) is 1.49. The molecule has 2 aromatic rings. The molecule has 0 radical (unpaired) electrons. The smallest absolute Gasteiger partial charge is 0.327 e. The van der Waals surface area contributed by atoms with Crippen molar-refractivity contribution in [1.29, 1.82) is 0 Å². The van der Waals surface area contributed by atoms with E-state index in [1.165, 1.54) is 10.8 Å². The molecule has 5 nitrogen and oxygen atoms in total. The van der Waals surface area contributed by atoms with Gasteiger partial charge in [0, 0.05) is 6.20 Å². The van der Waals surface area contributed by atoms with Gasteiger partial charge in [0.05, 0.1) is 13.7 Å². The first-order valence-corrected chi connectivity index (χ1v) is 4.87. The van der Waals surface area contributed by atoms with Crippen LogP contribution in [-0.2, 0) is 6.54 Å². The highest BCUT2D eigenvalue weighted by molar-refractivity contribution is 5.31. The molecule has 0 amide bonds. The summed E-state index contributed by atoms with van der Waals surface area (Å²) in [5, 5.41) is 0. The Bertz CT molecular complexity index is 542. The summed E-state index contributed by atoms with van der Waals surface area (Å²) >= 11 is 0. The van der Waals surface area contributed by atoms with Crippen molar-refractivity contribution in [2.75, 3.05) is 12.8 Å². The molecule has 0 saturated carbocycles. The molecule has 0 aliphatic heterocycles. The largest absolute Gasteiger partial charge is 0.497 e. The Labute approximate surface area is 92.5 Å². The van der Waals surface area contributed by atoms with Crippen molar-refractivity contribution in [1.82, 2.24) is 9.55 Å². The van der Waals surface area contributed by atoms with Crippen LogP contribution in [0.4, 0.5) is 5.82 Å². The first-order chi connectivity index (χ1) is 7.70. The highest BCUT2D eigenvalue weighted by Crippen LogP contribution is 2.13. The van der Waals surface area contributed by atoms with Crippen molar-refractivity contribution in [3.05, 3.63) is 46.5 Å². The van der Waals surface area contributed by atoms with Crippen LogP contribution < -0.4 is 16.2 Å². The Morgan fingerprint density at radius 3 is 2.94 bits per heavy atom. The fraction of sp³-hybridized carbons (Fsp3) is 0.182. The number of anilines is 1. The number of ether oxygens (including phenoxy) is 1. The Kier molecular flexibility index (Phi) is 2.68. The summed E-state index contributed by atoms with van der Waals surface area (Å²) in [5.41, 5.74) is 6.42. The van der Waals surface area contributed by atoms with Crippen LogP contribution >= 0.6 is 0 Å². The zero-order valence-electron chi connectivity index (χ0n) is 8.93. The molecular weight excluding hydrogens is 206 g/mol. The maximum absolute atomic E-state index is 11.4. The number of methoxy groups -OCH3 is 1. The SMILES string of the molecule is COc1cccc(Cn2c(N)c[nH]c2=O)c1. The van der Waals surface area contributed by atoms with Crippen molar-refractivity contribution in [2.24, 2.45) is 0 Å². The van der Waals surface area contributed by atoms with Crippen LogP contribution in [0.15, 0.2) is 35.3 Å². The molecule has 3 N–H and O–H groups in total. The lowest BCUT2D eigenvalue weighted by molar-refractivity contribution is 0.414. The summed E-state index contributed by atoms with van der Waals surface area (Å²) in [5.74, 6) is 1.19. The first kappa shape index (κ1) is 10.4. The van der Waals surface area contributed by atoms with Crippen molar-refractivity contribution < 1.29 is 4.74 Å². The van der Waals surface area contributed by atoms with Gasteiger partial charge in [0.2, 0.25) is 0 Å². The Hall–Kier alpha value is -2.17. The molecule has 84 valence electrons. The number of imidazole rings is 1. The number of hydrogen-bond acceptors (Lipinski definition) is 3. The molecule has 0 fully saturated rings. The van der Waals surface area contributed by atoms with Gasteiger partial charge in [0.25, 0.3) is 0 Å². The lowest BCUT2D eigenvalue weighted by Gasteiger charge is -2.05. The van der Waals surface area contributed by atoms with Crippen LogP contribution in [0.5, 0.6) is 5.75 Å². The zero-order chi connectivity index (χ0) is 11.5. The van der Waals surface area contributed by atoms with Crippen molar-refractivity contribution in [3.63, 3.8) is 0 Å². The second-order valence-electron chi connectivity index (χ2n) is 3.46. The number of H-pyrrole nitrogens is 1. The second kappa shape index (κ2) is 4.14. The zero-order valence-corrected chi connectivity index (χ0v) is 8.93.